The minimum atomic E-state index is -4.36. The molecule has 1 aliphatic heterocycles. The lowest BCUT2D eigenvalue weighted by Gasteiger charge is -2.33. The number of alkyl halides is 3. The fraction of sp³-hybridized carbons (Fsp3) is 0.636. The molecule has 1 saturated heterocycles. The fourth-order valence-electron chi connectivity index (χ4n) is 1.77. The van der Waals surface area contributed by atoms with Crippen molar-refractivity contribution in [3.63, 3.8) is 0 Å². The summed E-state index contributed by atoms with van der Waals surface area (Å²) in [6.45, 7) is 0.0869. The Morgan fingerprint density at radius 3 is 2.79 bits per heavy atom. The van der Waals surface area contributed by atoms with Crippen LogP contribution in [0, 0.1) is 0 Å². The van der Waals surface area contributed by atoms with Crippen LogP contribution in [0.2, 0.25) is 0 Å². The summed E-state index contributed by atoms with van der Waals surface area (Å²) < 4.78 is 42.7. The second kappa shape index (κ2) is 5.20. The maximum absolute atomic E-state index is 12.6. The van der Waals surface area contributed by atoms with Crippen LogP contribution < -0.4 is 9.80 Å². The van der Waals surface area contributed by atoms with Crippen LogP contribution in [0.4, 0.5) is 24.9 Å². The van der Waals surface area contributed by atoms with E-state index < -0.39 is 12.3 Å². The molecular formula is C11H15F3N4O. The molecule has 0 bridgehead atoms. The van der Waals surface area contributed by atoms with Crippen molar-refractivity contribution in [3.8, 4) is 0 Å². The second-order valence-electron chi connectivity index (χ2n) is 4.46. The van der Waals surface area contributed by atoms with Crippen LogP contribution in [0.25, 0.3) is 0 Å². The van der Waals surface area contributed by atoms with Gasteiger partial charge in [-0.3, -0.25) is 0 Å². The minimum absolute atomic E-state index is 0.0136. The maximum atomic E-state index is 12.6. The average Bonchev–Trinajstić information content (AvgIpc) is 2.38. The lowest BCUT2D eigenvalue weighted by atomic mass is 10.3. The summed E-state index contributed by atoms with van der Waals surface area (Å²) in [5.41, 5.74) is 0. The standard InChI is InChI=1S/C11H15F3N4O/c1-17(2)9-3-4-15-10(16-9)18-5-6-19-8(7-18)11(12,13)14/h3-4,8H,5-7H2,1-2H3/t8-/m0/s1. The van der Waals surface area contributed by atoms with E-state index in [1.165, 1.54) is 11.1 Å². The highest BCUT2D eigenvalue weighted by molar-refractivity contribution is 5.42. The van der Waals surface area contributed by atoms with Gasteiger partial charge >= 0.3 is 6.18 Å². The Bertz CT molecular complexity index is 438. The third-order valence-electron chi connectivity index (χ3n) is 2.80. The molecule has 0 unspecified atom stereocenters. The van der Waals surface area contributed by atoms with Gasteiger partial charge in [-0.1, -0.05) is 0 Å². The highest BCUT2D eigenvalue weighted by atomic mass is 19.4. The zero-order chi connectivity index (χ0) is 14.0. The zero-order valence-corrected chi connectivity index (χ0v) is 10.7. The molecule has 5 nitrogen and oxygen atoms in total. The van der Waals surface area contributed by atoms with Crippen LogP contribution in [0.5, 0.6) is 0 Å². The van der Waals surface area contributed by atoms with Gasteiger partial charge in [-0.25, -0.2) is 4.98 Å². The predicted molar refractivity (Wildman–Crippen MR) is 64.4 cm³/mol. The van der Waals surface area contributed by atoms with Crippen molar-refractivity contribution in [1.29, 1.82) is 0 Å². The number of nitrogens with zero attached hydrogens (tertiary/aromatic N) is 4. The van der Waals surface area contributed by atoms with Crippen LogP contribution in [-0.2, 0) is 4.74 Å². The van der Waals surface area contributed by atoms with Gasteiger partial charge in [-0.05, 0) is 6.07 Å². The molecule has 0 spiro atoms. The average molecular weight is 276 g/mol. The van der Waals surface area contributed by atoms with E-state index in [2.05, 4.69) is 9.97 Å². The molecule has 1 aromatic heterocycles. The first-order chi connectivity index (χ1) is 8.88. The van der Waals surface area contributed by atoms with Crippen LogP contribution >= 0.6 is 0 Å². The van der Waals surface area contributed by atoms with Crippen LogP contribution in [0.1, 0.15) is 0 Å². The van der Waals surface area contributed by atoms with Gasteiger partial charge in [-0.15, -0.1) is 0 Å². The van der Waals surface area contributed by atoms with Crippen molar-refractivity contribution in [1.82, 2.24) is 9.97 Å². The van der Waals surface area contributed by atoms with Crippen molar-refractivity contribution in [2.45, 2.75) is 12.3 Å². The smallest absolute Gasteiger partial charge is 0.365 e. The number of hydrogen-bond acceptors (Lipinski definition) is 5. The van der Waals surface area contributed by atoms with Crippen LogP contribution in [0.3, 0.4) is 0 Å². The van der Waals surface area contributed by atoms with Gasteiger partial charge in [0.05, 0.1) is 13.2 Å². The molecule has 2 heterocycles. The third kappa shape index (κ3) is 3.25. The normalized spacial score (nSPS) is 20.5. The van der Waals surface area contributed by atoms with E-state index in [0.717, 1.165) is 0 Å². The molecule has 19 heavy (non-hydrogen) atoms. The number of anilines is 2. The topological polar surface area (TPSA) is 41.5 Å². The Labute approximate surface area is 109 Å². The van der Waals surface area contributed by atoms with Crippen molar-refractivity contribution in [2.75, 3.05) is 43.6 Å². The number of rotatable bonds is 2. The van der Waals surface area contributed by atoms with E-state index in [9.17, 15) is 13.2 Å². The Kier molecular flexibility index (Phi) is 3.79. The molecule has 8 heteroatoms. The van der Waals surface area contributed by atoms with Crippen molar-refractivity contribution >= 4 is 11.8 Å². The quantitative estimate of drug-likeness (QED) is 0.814. The van der Waals surface area contributed by atoms with E-state index in [4.69, 9.17) is 4.74 Å². The summed E-state index contributed by atoms with van der Waals surface area (Å²) >= 11 is 0. The lowest BCUT2D eigenvalue weighted by Crippen LogP contribution is -2.49. The monoisotopic (exact) mass is 276 g/mol. The second-order valence-corrected chi connectivity index (χ2v) is 4.46. The predicted octanol–water partition coefficient (Wildman–Crippen LogP) is 1.31. The molecule has 1 atom stereocenters. The number of halogens is 3. The fourth-order valence-corrected chi connectivity index (χ4v) is 1.77. The Balaban J connectivity index is 2.15. The first-order valence-electron chi connectivity index (χ1n) is 5.81. The molecule has 1 aromatic rings. The summed E-state index contributed by atoms with van der Waals surface area (Å²) in [6, 6.07) is 1.70. The van der Waals surface area contributed by atoms with E-state index in [-0.39, 0.29) is 13.2 Å². The van der Waals surface area contributed by atoms with Gasteiger partial charge in [0.2, 0.25) is 5.95 Å². The lowest BCUT2D eigenvalue weighted by molar-refractivity contribution is -0.221. The minimum Gasteiger partial charge on any atom is -0.365 e. The van der Waals surface area contributed by atoms with E-state index in [0.29, 0.717) is 18.3 Å². The number of morpholine rings is 1. The van der Waals surface area contributed by atoms with Gasteiger partial charge < -0.3 is 14.5 Å². The molecule has 1 fully saturated rings. The summed E-state index contributed by atoms with van der Waals surface area (Å²) in [4.78, 5) is 11.5. The van der Waals surface area contributed by atoms with E-state index >= 15 is 0 Å². The largest absolute Gasteiger partial charge is 0.416 e. The molecule has 1 aliphatic rings. The first-order valence-corrected chi connectivity index (χ1v) is 5.81. The Morgan fingerprint density at radius 1 is 1.42 bits per heavy atom. The maximum Gasteiger partial charge on any atom is 0.416 e. The van der Waals surface area contributed by atoms with E-state index in [1.54, 1.807) is 11.0 Å². The molecule has 0 saturated carbocycles. The van der Waals surface area contributed by atoms with Crippen molar-refractivity contribution < 1.29 is 17.9 Å². The number of hydrogen-bond donors (Lipinski definition) is 0. The highest BCUT2D eigenvalue weighted by Gasteiger charge is 2.43. The Morgan fingerprint density at radius 2 is 2.16 bits per heavy atom. The van der Waals surface area contributed by atoms with Gasteiger partial charge in [0.15, 0.2) is 6.10 Å². The van der Waals surface area contributed by atoms with Gasteiger partial charge in [0, 0.05) is 26.8 Å². The highest BCUT2D eigenvalue weighted by Crippen LogP contribution is 2.27. The summed E-state index contributed by atoms with van der Waals surface area (Å²) in [5.74, 6) is 0.948. The number of ether oxygens (including phenoxy) is 1. The first kappa shape index (κ1) is 13.9. The number of aromatic nitrogens is 2. The summed E-state index contributed by atoms with van der Waals surface area (Å²) in [5, 5.41) is 0. The van der Waals surface area contributed by atoms with Gasteiger partial charge in [-0.2, -0.15) is 18.2 Å². The molecule has 0 amide bonds. The van der Waals surface area contributed by atoms with Crippen molar-refractivity contribution in [2.24, 2.45) is 0 Å². The Hall–Kier alpha value is -1.57. The van der Waals surface area contributed by atoms with Gasteiger partial charge in [0.25, 0.3) is 0 Å². The molecule has 0 aliphatic carbocycles. The molecular weight excluding hydrogens is 261 g/mol. The molecule has 106 valence electrons. The van der Waals surface area contributed by atoms with Crippen molar-refractivity contribution in [3.05, 3.63) is 12.3 Å². The summed E-state index contributed by atoms with van der Waals surface area (Å²) in [6.07, 6.45) is -4.61. The zero-order valence-electron chi connectivity index (χ0n) is 10.7. The van der Waals surface area contributed by atoms with Gasteiger partial charge in [0.1, 0.15) is 5.82 Å². The molecule has 0 aromatic carbocycles. The van der Waals surface area contributed by atoms with Crippen LogP contribution in [-0.4, -0.2) is 56.0 Å². The SMILES string of the molecule is CN(C)c1ccnc(N2CCO[C@H](C(F)(F)F)C2)n1. The molecule has 0 radical (unpaired) electrons. The summed E-state index contributed by atoms with van der Waals surface area (Å²) in [7, 11) is 3.62. The molecule has 0 N–H and O–H groups in total. The van der Waals surface area contributed by atoms with Crippen LogP contribution in [0.15, 0.2) is 12.3 Å². The third-order valence-corrected chi connectivity index (χ3v) is 2.80. The molecule has 2 rings (SSSR count). The van der Waals surface area contributed by atoms with E-state index in [1.807, 2.05) is 14.1 Å².